The fourth-order valence-electron chi connectivity index (χ4n) is 6.45. The zero-order valence-electron chi connectivity index (χ0n) is 24.0. The van der Waals surface area contributed by atoms with Crippen LogP contribution in [0.1, 0.15) is 18.7 Å². The molecule has 2 aliphatic heterocycles. The number of thiol groups is 1. The molecule has 0 bridgehead atoms. The highest BCUT2D eigenvalue weighted by Crippen LogP contribution is 2.58. The molecular formula is C24H26N10O9P2S2. The van der Waals surface area contributed by atoms with Crippen LogP contribution < -0.4 is 11.3 Å². The molecule has 3 aliphatic rings. The maximum atomic E-state index is 13.4. The van der Waals surface area contributed by atoms with E-state index in [2.05, 4.69) is 42.2 Å². The third-order valence-electron chi connectivity index (χ3n) is 8.83. The van der Waals surface area contributed by atoms with Crippen molar-refractivity contribution in [2.75, 3.05) is 25.6 Å². The lowest BCUT2D eigenvalue weighted by molar-refractivity contribution is -0.115. The molecule has 9 atom stereocenters. The zero-order chi connectivity index (χ0) is 32.7. The summed E-state index contributed by atoms with van der Waals surface area (Å²) in [4.78, 5) is 60.8. The predicted octanol–water partition coefficient (Wildman–Crippen LogP) is 1.39. The second-order valence-corrected chi connectivity index (χ2v) is 17.1. The maximum absolute atomic E-state index is 13.4. The normalized spacial score (nSPS) is 35.1. The molecule has 4 N–H and O–H groups in total. The van der Waals surface area contributed by atoms with Crippen molar-refractivity contribution in [2.45, 2.75) is 30.9 Å². The molecule has 0 amide bonds. The third-order valence-corrected chi connectivity index (χ3v) is 12.0. The summed E-state index contributed by atoms with van der Waals surface area (Å²) in [5, 5.41) is 0. The fraction of sp³-hybridized carbons (Fsp3) is 0.458. The van der Waals surface area contributed by atoms with E-state index >= 15 is 0 Å². The molecule has 5 aromatic rings. The number of aldehydes is 1. The summed E-state index contributed by atoms with van der Waals surface area (Å²) in [6.07, 6.45) is 4.90. The molecule has 0 spiro atoms. The molecule has 0 aromatic carbocycles. The summed E-state index contributed by atoms with van der Waals surface area (Å²) >= 11 is 9.58. The van der Waals surface area contributed by atoms with Crippen molar-refractivity contribution in [1.29, 1.82) is 0 Å². The van der Waals surface area contributed by atoms with Crippen LogP contribution >= 0.6 is 25.8 Å². The van der Waals surface area contributed by atoms with Gasteiger partial charge in [0.15, 0.2) is 17.0 Å². The largest absolute Gasteiger partial charge is 0.386 e. The first-order chi connectivity index (χ1) is 22.5. The Labute approximate surface area is 273 Å². The summed E-state index contributed by atoms with van der Waals surface area (Å²) in [6, 6.07) is -0.207. The molecule has 0 radical (unpaired) electrons. The number of aromatic amines is 1. The fourth-order valence-corrected chi connectivity index (χ4v) is 9.12. The van der Waals surface area contributed by atoms with Crippen LogP contribution in [0.25, 0.3) is 28.1 Å². The lowest BCUT2D eigenvalue weighted by Gasteiger charge is -2.45. The molecular weight excluding hydrogens is 698 g/mol. The molecule has 8 rings (SSSR count). The van der Waals surface area contributed by atoms with Gasteiger partial charge >= 0.3 is 13.5 Å². The maximum Gasteiger partial charge on any atom is 0.386 e. The van der Waals surface area contributed by atoms with E-state index in [0.717, 1.165) is 0 Å². The van der Waals surface area contributed by atoms with E-state index in [1.54, 1.807) is 6.33 Å². The Balaban J connectivity index is 1.08. The van der Waals surface area contributed by atoms with Crippen LogP contribution in [0.15, 0.2) is 36.2 Å². The van der Waals surface area contributed by atoms with Gasteiger partial charge in [-0.1, -0.05) is 12.2 Å². The number of fused-ring (bicyclic) bond motifs is 5. The quantitative estimate of drug-likeness (QED) is 0.117. The van der Waals surface area contributed by atoms with Gasteiger partial charge in [0, 0.05) is 24.4 Å². The smallest absolute Gasteiger partial charge is 0.382 e. The van der Waals surface area contributed by atoms with E-state index in [1.807, 2.05) is 4.57 Å². The Bertz CT molecular complexity index is 2190. The number of H-pyrrole nitrogens is 1. The van der Waals surface area contributed by atoms with Crippen molar-refractivity contribution < 1.29 is 37.1 Å². The number of nitrogens with one attached hydrogen (secondary N) is 1. The summed E-state index contributed by atoms with van der Waals surface area (Å²) < 4.78 is 47.3. The van der Waals surface area contributed by atoms with Crippen molar-refractivity contribution >= 4 is 77.8 Å². The molecule has 23 heteroatoms. The monoisotopic (exact) mass is 724 g/mol. The molecule has 7 heterocycles. The Hall–Kier alpha value is -3.10. The summed E-state index contributed by atoms with van der Waals surface area (Å²) in [5.41, 5.74) is 6.79. The zero-order valence-corrected chi connectivity index (χ0v) is 27.5. The standard InChI is InChI=1S/C24H26N10O9P2S2/c25-19-16-20(28-8-27-19)33(9-29-16)14-3-11-5-39-45(38,47)43-18-12(4-35)23(42-15(18)7-41-44(37,46)40-6-13(11)14)34-10-30-17-21(34)31-24-26-1-2-32(24)22(17)36/h1-2,4,8-15,18,23H,3,5-7H2,(H,26,31)(H,37,46)(H,38,47)(H2,25,27,28)/t11-,12-,13-,14-,15-,18+,23-,44?,45?/m1/s1. The minimum Gasteiger partial charge on any atom is -0.382 e. The SMILES string of the molecule is Nc1ncnc2c1ncn2[C@@H]1C[C@@H]2COP(O)(=S)O[C@H]3[C@@H](C=O)[C@H](n4cnc5c(=O)n6ccnc6[nH]c54)O[C@@H]3COP(=O)(S)OC[C@H]21. The van der Waals surface area contributed by atoms with Gasteiger partial charge in [-0.15, -0.1) is 0 Å². The number of ether oxygens (including phenoxy) is 1. The van der Waals surface area contributed by atoms with Crippen LogP contribution in [0.2, 0.25) is 0 Å². The van der Waals surface area contributed by atoms with Gasteiger partial charge in [-0.05, 0) is 24.1 Å². The highest BCUT2D eigenvalue weighted by atomic mass is 32.7. The van der Waals surface area contributed by atoms with Crippen LogP contribution in [-0.4, -0.2) is 86.6 Å². The Kier molecular flexibility index (Phi) is 7.64. The lowest BCUT2D eigenvalue weighted by atomic mass is 9.70. The number of anilines is 1. The highest BCUT2D eigenvalue weighted by molar-refractivity contribution is 8.44. The van der Waals surface area contributed by atoms with Crippen molar-refractivity contribution in [3.05, 3.63) is 41.7 Å². The first kappa shape index (κ1) is 31.2. The number of hydrogen-bond acceptors (Lipinski definition) is 15. The highest BCUT2D eigenvalue weighted by Gasteiger charge is 2.51. The van der Waals surface area contributed by atoms with Gasteiger partial charge in [-0.25, -0.2) is 33.9 Å². The number of nitrogens with zero attached hydrogens (tertiary/aromatic N) is 8. The first-order valence-corrected chi connectivity index (χ1v) is 19.6. The predicted molar refractivity (Wildman–Crippen MR) is 169 cm³/mol. The summed E-state index contributed by atoms with van der Waals surface area (Å²) in [5.74, 6) is -1.14. The van der Waals surface area contributed by atoms with Gasteiger partial charge in [0.2, 0.25) is 5.78 Å². The van der Waals surface area contributed by atoms with Gasteiger partial charge < -0.3 is 43.3 Å². The number of imidazole rings is 3. The Morgan fingerprint density at radius 3 is 2.70 bits per heavy atom. The van der Waals surface area contributed by atoms with Crippen molar-refractivity contribution in [2.24, 2.45) is 17.8 Å². The van der Waals surface area contributed by atoms with E-state index in [0.29, 0.717) is 23.9 Å². The average molecular weight is 725 g/mol. The van der Waals surface area contributed by atoms with Gasteiger partial charge in [0.25, 0.3) is 5.56 Å². The van der Waals surface area contributed by atoms with E-state index < -0.39 is 50.0 Å². The molecule has 248 valence electrons. The van der Waals surface area contributed by atoms with Crippen LogP contribution in [0, 0.1) is 17.8 Å². The van der Waals surface area contributed by atoms with Crippen LogP contribution in [0.5, 0.6) is 0 Å². The summed E-state index contributed by atoms with van der Waals surface area (Å²) in [6.45, 7) is -8.49. The Morgan fingerprint density at radius 2 is 1.87 bits per heavy atom. The minimum absolute atomic E-state index is 0.0269. The second-order valence-electron chi connectivity index (χ2n) is 11.4. The number of hydrogen-bond donors (Lipinski definition) is 4. The van der Waals surface area contributed by atoms with Crippen molar-refractivity contribution in [3.63, 3.8) is 0 Å². The number of nitrogen functional groups attached to an aromatic ring is 1. The molecule has 2 unspecified atom stereocenters. The number of aromatic nitrogens is 9. The van der Waals surface area contributed by atoms with Gasteiger partial charge in [0.05, 0.1) is 38.4 Å². The van der Waals surface area contributed by atoms with E-state index in [-0.39, 0.29) is 53.9 Å². The van der Waals surface area contributed by atoms with Gasteiger partial charge in [0.1, 0.15) is 42.2 Å². The van der Waals surface area contributed by atoms with Crippen molar-refractivity contribution in [3.8, 4) is 0 Å². The molecule has 1 aliphatic carbocycles. The van der Waals surface area contributed by atoms with Crippen LogP contribution in [0.4, 0.5) is 5.82 Å². The molecule has 47 heavy (non-hydrogen) atoms. The minimum atomic E-state index is -4.00. The van der Waals surface area contributed by atoms with E-state index in [1.165, 1.54) is 34.0 Å². The second kappa shape index (κ2) is 11.5. The van der Waals surface area contributed by atoms with Gasteiger partial charge in [-0.3, -0.25) is 13.9 Å². The number of rotatable bonds is 3. The molecule has 19 nitrogen and oxygen atoms in total. The van der Waals surface area contributed by atoms with Crippen LogP contribution in [0.3, 0.4) is 0 Å². The third kappa shape index (κ3) is 5.34. The number of carbonyl (C=O) groups excluding carboxylic acids is 1. The van der Waals surface area contributed by atoms with Gasteiger partial charge in [-0.2, -0.15) is 0 Å². The number of nitrogens with two attached hydrogens (primary N) is 1. The first-order valence-electron chi connectivity index (χ1n) is 14.3. The average Bonchev–Trinajstić information content (AvgIpc) is 3.81. The Morgan fingerprint density at radius 1 is 1.09 bits per heavy atom. The summed E-state index contributed by atoms with van der Waals surface area (Å²) in [7, 11) is 0. The van der Waals surface area contributed by atoms with E-state index in [9.17, 15) is 19.0 Å². The molecule has 1 saturated carbocycles. The molecule has 5 aromatic heterocycles. The number of carbonyl (C=O) groups is 1. The molecule has 3 fully saturated rings. The molecule has 2 saturated heterocycles. The van der Waals surface area contributed by atoms with Crippen LogP contribution in [-0.2, 0) is 44.0 Å². The topological polar surface area (TPSA) is 238 Å². The lowest BCUT2D eigenvalue weighted by Crippen LogP contribution is -2.43. The van der Waals surface area contributed by atoms with Crippen molar-refractivity contribution in [1.82, 2.24) is 43.4 Å². The van der Waals surface area contributed by atoms with E-state index in [4.69, 9.17) is 40.4 Å².